The molecule has 6 aliphatic rings. The highest BCUT2D eigenvalue weighted by Gasteiger charge is 2.60. The number of phenols is 1. The molecule has 2 aromatic rings. The van der Waals surface area contributed by atoms with Gasteiger partial charge in [-0.05, 0) is 44.9 Å². The number of benzene rings is 2. The van der Waals surface area contributed by atoms with E-state index < -0.39 is 47.6 Å². The standard InChI is InChI=1S/C46H65N3O10S/c1-7-8-9-10-11-12-13-14-15-16-17-18-19-20-33(51)47-30-24-60-44-36-35(43-42(57-25-58-43)27(3)41(36)59-28(4)50)32(23-56-46(30)54)49-38(44)37-34-29(22-31(45(49)53)48(37)5)21-26(2)40(55-6)39(34)52/h21,30-32,37-38,44-45,52-53H,7-20,22-25H2,1-6H3,(H,47,51)/t30-,31-,32-,37+,38+,44+,45-/m0/s1. The van der Waals surface area contributed by atoms with Gasteiger partial charge in [-0.25, -0.2) is 4.79 Å². The fraction of sp³-hybridized carbons (Fsp3) is 0.674. The van der Waals surface area contributed by atoms with Gasteiger partial charge in [0.15, 0.2) is 23.0 Å². The summed E-state index contributed by atoms with van der Waals surface area (Å²) in [4.78, 5) is 44.3. The molecule has 6 heterocycles. The lowest BCUT2D eigenvalue weighted by Crippen LogP contribution is -2.69. The van der Waals surface area contributed by atoms with E-state index in [0.29, 0.717) is 58.1 Å². The maximum atomic E-state index is 13.9. The van der Waals surface area contributed by atoms with Crippen molar-refractivity contribution in [2.24, 2.45) is 0 Å². The number of ether oxygens (including phenoxy) is 5. The molecular formula is C46H65N3O10S. The van der Waals surface area contributed by atoms with Crippen LogP contribution in [0.3, 0.4) is 0 Å². The van der Waals surface area contributed by atoms with Gasteiger partial charge in [0.1, 0.15) is 24.6 Å². The Hall–Kier alpha value is -3.72. The summed E-state index contributed by atoms with van der Waals surface area (Å²) in [5, 5.41) is 26.9. The summed E-state index contributed by atoms with van der Waals surface area (Å²) >= 11 is 1.43. The van der Waals surface area contributed by atoms with Crippen molar-refractivity contribution in [1.29, 1.82) is 0 Å². The van der Waals surface area contributed by atoms with Gasteiger partial charge in [-0.15, -0.1) is 11.8 Å². The number of nitrogens with one attached hydrogen (secondary N) is 1. The van der Waals surface area contributed by atoms with E-state index in [9.17, 15) is 24.6 Å². The van der Waals surface area contributed by atoms with E-state index in [-0.39, 0.29) is 36.9 Å². The van der Waals surface area contributed by atoms with Crippen LogP contribution in [0.4, 0.5) is 0 Å². The van der Waals surface area contributed by atoms with Crippen molar-refractivity contribution in [2.75, 3.05) is 33.3 Å². The second-order valence-electron chi connectivity index (χ2n) is 17.3. The Bertz CT molecular complexity index is 1910. The number of unbranched alkanes of at least 4 members (excludes halogenated alkanes) is 12. The van der Waals surface area contributed by atoms with Gasteiger partial charge in [0.2, 0.25) is 12.7 Å². The van der Waals surface area contributed by atoms with Crippen LogP contribution < -0.4 is 24.3 Å². The summed E-state index contributed by atoms with van der Waals surface area (Å²) in [5.41, 5.74) is 4.32. The number of methoxy groups -OCH3 is 1. The number of aliphatic hydroxyl groups excluding tert-OH is 1. The van der Waals surface area contributed by atoms with Crippen molar-refractivity contribution in [2.45, 2.75) is 166 Å². The van der Waals surface area contributed by atoms with Crippen LogP contribution in [0.15, 0.2) is 6.07 Å². The van der Waals surface area contributed by atoms with E-state index in [1.807, 2.05) is 31.9 Å². The molecule has 0 aliphatic carbocycles. The highest BCUT2D eigenvalue weighted by molar-refractivity contribution is 7.99. The molecular weight excluding hydrogens is 787 g/mol. The number of likely N-dealkylation sites (N-methyl/N-ethyl adjacent to an activating group) is 1. The number of esters is 2. The first-order valence-corrected chi connectivity index (χ1v) is 23.3. The van der Waals surface area contributed by atoms with Crippen LogP contribution in [0, 0.1) is 13.8 Å². The lowest BCUT2D eigenvalue weighted by Gasteiger charge is -2.62. The molecule has 2 fully saturated rings. The van der Waals surface area contributed by atoms with Gasteiger partial charge in [0.05, 0.1) is 30.5 Å². The number of piperazine rings is 1. The second-order valence-corrected chi connectivity index (χ2v) is 18.5. The van der Waals surface area contributed by atoms with Crippen LogP contribution in [0.5, 0.6) is 28.7 Å². The first-order chi connectivity index (χ1) is 29.0. The summed E-state index contributed by atoms with van der Waals surface area (Å²) in [6.45, 7) is 7.09. The number of hydrogen-bond donors (Lipinski definition) is 3. The molecule has 8 rings (SSSR count). The third kappa shape index (κ3) is 8.67. The van der Waals surface area contributed by atoms with Crippen molar-refractivity contribution >= 4 is 29.6 Å². The number of phenolic OH excluding ortho intramolecular Hbond substituents is 1. The Morgan fingerprint density at radius 3 is 2.22 bits per heavy atom. The number of nitrogens with zero attached hydrogens (tertiary/aromatic N) is 2. The number of aromatic hydroxyl groups is 1. The highest BCUT2D eigenvalue weighted by atomic mass is 32.2. The smallest absolute Gasteiger partial charge is 0.329 e. The molecule has 2 aromatic carbocycles. The van der Waals surface area contributed by atoms with Gasteiger partial charge < -0.3 is 39.2 Å². The molecule has 2 saturated heterocycles. The minimum Gasteiger partial charge on any atom is -0.504 e. The molecule has 0 radical (unpaired) electrons. The predicted octanol–water partition coefficient (Wildman–Crippen LogP) is 7.62. The van der Waals surface area contributed by atoms with Gasteiger partial charge in [-0.2, -0.15) is 0 Å². The van der Waals surface area contributed by atoms with Crippen molar-refractivity contribution in [3.8, 4) is 28.7 Å². The molecule has 4 bridgehead atoms. The SMILES string of the molecule is CCCCCCCCCCCCCCCC(=O)N[C@H]1CS[C@@H]2c3c(OC(C)=O)c(C)c4c(c3[C@H](COC1=O)N1[C@@H]2[C@H]2c3c(cc(C)c(OC)c3O)C[C@@H]([C@@H]1O)N2C)OCO4. The minimum absolute atomic E-state index is 0.0455. The zero-order valence-corrected chi connectivity index (χ0v) is 37.1. The molecule has 1 amide bonds. The fourth-order valence-corrected chi connectivity index (χ4v) is 12.0. The molecule has 0 unspecified atom stereocenters. The lowest BCUT2D eigenvalue weighted by molar-refractivity contribution is -0.184. The van der Waals surface area contributed by atoms with E-state index in [0.717, 1.165) is 30.4 Å². The maximum absolute atomic E-state index is 13.9. The summed E-state index contributed by atoms with van der Waals surface area (Å²) in [6, 6.07) is -1.07. The zero-order valence-electron chi connectivity index (χ0n) is 36.3. The van der Waals surface area contributed by atoms with Crippen LogP contribution in [0.25, 0.3) is 0 Å². The minimum atomic E-state index is -1.03. The summed E-state index contributed by atoms with van der Waals surface area (Å²) in [5.74, 6) is 0.533. The topological polar surface area (TPSA) is 156 Å². The number of fused-ring (bicyclic) bond motifs is 10. The average Bonchev–Trinajstić information content (AvgIpc) is 3.71. The van der Waals surface area contributed by atoms with Gasteiger partial charge in [0.25, 0.3) is 0 Å². The largest absolute Gasteiger partial charge is 0.504 e. The number of rotatable bonds is 17. The molecule has 14 heteroatoms. The molecule has 6 aliphatic heterocycles. The van der Waals surface area contributed by atoms with Gasteiger partial charge in [-0.1, -0.05) is 90.0 Å². The Kier molecular flexibility index (Phi) is 14.4. The summed E-state index contributed by atoms with van der Waals surface area (Å²) in [6.07, 6.45) is 15.5. The van der Waals surface area contributed by atoms with Crippen LogP contribution in [0.1, 0.15) is 154 Å². The third-order valence-electron chi connectivity index (χ3n) is 13.3. The van der Waals surface area contributed by atoms with E-state index in [1.165, 1.54) is 90.0 Å². The second kappa shape index (κ2) is 19.5. The number of amides is 1. The molecule has 330 valence electrons. The number of thioether (sulfide) groups is 1. The van der Waals surface area contributed by atoms with Crippen LogP contribution >= 0.6 is 11.8 Å². The molecule has 7 atom stereocenters. The van der Waals surface area contributed by atoms with E-state index in [1.54, 1.807) is 0 Å². The predicted molar refractivity (Wildman–Crippen MR) is 229 cm³/mol. The molecule has 0 aromatic heterocycles. The van der Waals surface area contributed by atoms with Crippen molar-refractivity contribution < 1.29 is 48.3 Å². The Labute approximate surface area is 359 Å². The molecule has 3 N–H and O–H groups in total. The number of carbonyl (C=O) groups is 3. The average molecular weight is 852 g/mol. The van der Waals surface area contributed by atoms with Crippen LogP contribution in [0.2, 0.25) is 0 Å². The first kappa shape index (κ1) is 44.3. The van der Waals surface area contributed by atoms with Crippen LogP contribution in [-0.4, -0.2) is 95.5 Å². The van der Waals surface area contributed by atoms with Gasteiger partial charge in [-0.3, -0.25) is 19.4 Å². The van der Waals surface area contributed by atoms with Crippen molar-refractivity contribution in [3.63, 3.8) is 0 Å². The number of hydrogen-bond acceptors (Lipinski definition) is 13. The Morgan fingerprint density at radius 2 is 1.57 bits per heavy atom. The molecule has 0 spiro atoms. The normalized spacial score (nSPS) is 25.5. The molecule has 13 nitrogen and oxygen atoms in total. The quantitative estimate of drug-likeness (QED) is 0.0813. The zero-order chi connectivity index (χ0) is 42.7. The van der Waals surface area contributed by atoms with E-state index in [2.05, 4.69) is 17.1 Å². The maximum Gasteiger partial charge on any atom is 0.329 e. The highest BCUT2D eigenvalue weighted by Crippen LogP contribution is 2.64. The summed E-state index contributed by atoms with van der Waals surface area (Å²) in [7, 11) is 3.50. The van der Waals surface area contributed by atoms with Crippen LogP contribution in [-0.2, 0) is 25.5 Å². The molecule has 0 saturated carbocycles. The number of aliphatic hydroxyl groups is 1. The third-order valence-corrected chi connectivity index (χ3v) is 14.7. The summed E-state index contributed by atoms with van der Waals surface area (Å²) < 4.78 is 30.0. The first-order valence-electron chi connectivity index (χ1n) is 22.3. The van der Waals surface area contributed by atoms with Gasteiger partial charge in [0, 0.05) is 47.4 Å². The Morgan fingerprint density at radius 1 is 0.917 bits per heavy atom. The fourth-order valence-electron chi connectivity index (χ4n) is 10.4. The van der Waals surface area contributed by atoms with Gasteiger partial charge >= 0.3 is 11.9 Å². The molecule has 60 heavy (non-hydrogen) atoms. The van der Waals surface area contributed by atoms with Crippen molar-refractivity contribution in [3.05, 3.63) is 39.4 Å². The monoisotopic (exact) mass is 851 g/mol. The van der Waals surface area contributed by atoms with E-state index >= 15 is 0 Å². The lowest BCUT2D eigenvalue weighted by atomic mass is 9.73. The number of aryl methyl sites for hydroxylation is 1. The van der Waals surface area contributed by atoms with E-state index in [4.69, 9.17) is 23.7 Å². The Balaban J connectivity index is 1.14. The number of carbonyl (C=O) groups excluding carboxylic acids is 3. The van der Waals surface area contributed by atoms with Crippen molar-refractivity contribution in [1.82, 2.24) is 15.1 Å².